The second-order valence-electron chi connectivity index (χ2n) is 5.80. The van der Waals surface area contributed by atoms with Crippen molar-refractivity contribution >= 4 is 11.9 Å². The van der Waals surface area contributed by atoms with Gasteiger partial charge in [0.2, 0.25) is 5.91 Å². The molecule has 0 heterocycles. The van der Waals surface area contributed by atoms with E-state index in [-0.39, 0.29) is 12.3 Å². The first-order valence-corrected chi connectivity index (χ1v) is 7.33. The van der Waals surface area contributed by atoms with Gasteiger partial charge in [-0.25, -0.2) is 4.79 Å². The molecule has 0 aliphatic heterocycles. The lowest BCUT2D eigenvalue weighted by Crippen LogP contribution is -2.46. The van der Waals surface area contributed by atoms with Crippen molar-refractivity contribution in [1.82, 2.24) is 5.32 Å². The van der Waals surface area contributed by atoms with Crippen LogP contribution in [-0.2, 0) is 9.59 Å². The van der Waals surface area contributed by atoms with Gasteiger partial charge in [0, 0.05) is 12.5 Å². The first-order chi connectivity index (χ1) is 10.3. The van der Waals surface area contributed by atoms with E-state index in [0.717, 1.165) is 5.56 Å². The van der Waals surface area contributed by atoms with E-state index < -0.39 is 30.1 Å². The Morgan fingerprint density at radius 1 is 1.18 bits per heavy atom. The average molecular weight is 308 g/mol. The molecular weight excluding hydrogens is 284 g/mol. The molecule has 1 rings (SSSR count). The fourth-order valence-corrected chi connectivity index (χ4v) is 2.14. The van der Waals surface area contributed by atoms with Crippen LogP contribution in [0.5, 0.6) is 0 Å². The van der Waals surface area contributed by atoms with Crippen LogP contribution in [0.25, 0.3) is 0 Å². The summed E-state index contributed by atoms with van der Waals surface area (Å²) in [6.07, 6.45) is -1.01. The number of carboxylic acid groups (broad SMARTS) is 1. The molecule has 1 aromatic rings. The van der Waals surface area contributed by atoms with E-state index >= 15 is 0 Å². The zero-order valence-corrected chi connectivity index (χ0v) is 12.9. The van der Waals surface area contributed by atoms with E-state index in [9.17, 15) is 14.7 Å². The topological polar surface area (TPSA) is 113 Å². The van der Waals surface area contributed by atoms with Crippen LogP contribution in [-0.4, -0.2) is 34.2 Å². The van der Waals surface area contributed by atoms with E-state index in [4.69, 9.17) is 10.8 Å². The third-order valence-corrected chi connectivity index (χ3v) is 3.33. The van der Waals surface area contributed by atoms with Crippen molar-refractivity contribution in [2.75, 3.05) is 0 Å². The van der Waals surface area contributed by atoms with Crippen LogP contribution in [0, 0.1) is 5.92 Å². The van der Waals surface area contributed by atoms with Crippen LogP contribution in [0.3, 0.4) is 0 Å². The third kappa shape index (κ3) is 5.83. The second-order valence-corrected chi connectivity index (χ2v) is 5.80. The Bertz CT molecular complexity index is 490. The summed E-state index contributed by atoms with van der Waals surface area (Å²) in [7, 11) is 0. The number of aliphatic hydroxyl groups excluding tert-OH is 1. The summed E-state index contributed by atoms with van der Waals surface area (Å²) in [6.45, 7) is 3.73. The van der Waals surface area contributed by atoms with Crippen LogP contribution in [0.1, 0.15) is 38.3 Å². The number of amides is 1. The predicted octanol–water partition coefficient (Wildman–Crippen LogP) is 1.05. The minimum absolute atomic E-state index is 0.0316. The number of carbonyl (C=O) groups excluding carboxylic acids is 1. The van der Waals surface area contributed by atoms with Crippen molar-refractivity contribution < 1.29 is 19.8 Å². The molecule has 6 heteroatoms. The Balaban J connectivity index is 2.58. The maximum absolute atomic E-state index is 11.9. The molecule has 0 radical (unpaired) electrons. The Morgan fingerprint density at radius 2 is 1.77 bits per heavy atom. The molecule has 3 atom stereocenters. The van der Waals surface area contributed by atoms with E-state index in [1.807, 2.05) is 44.2 Å². The summed E-state index contributed by atoms with van der Waals surface area (Å²) in [5.41, 5.74) is 6.76. The zero-order valence-electron chi connectivity index (χ0n) is 12.9. The molecule has 0 aromatic heterocycles. The molecule has 6 nitrogen and oxygen atoms in total. The molecule has 122 valence electrons. The van der Waals surface area contributed by atoms with Gasteiger partial charge in [-0.15, -0.1) is 0 Å². The quantitative estimate of drug-likeness (QED) is 0.573. The minimum atomic E-state index is -1.34. The maximum atomic E-state index is 11.9. The Labute approximate surface area is 130 Å². The van der Waals surface area contributed by atoms with Gasteiger partial charge >= 0.3 is 5.97 Å². The number of carboxylic acids is 1. The van der Waals surface area contributed by atoms with Crippen molar-refractivity contribution in [3.63, 3.8) is 0 Å². The highest BCUT2D eigenvalue weighted by Crippen LogP contribution is 2.15. The molecule has 1 aromatic carbocycles. The molecule has 22 heavy (non-hydrogen) atoms. The fraction of sp³-hybridized carbons (Fsp3) is 0.500. The highest BCUT2D eigenvalue weighted by atomic mass is 16.4. The predicted molar refractivity (Wildman–Crippen MR) is 83.0 cm³/mol. The van der Waals surface area contributed by atoms with Gasteiger partial charge in [-0.3, -0.25) is 4.79 Å². The van der Waals surface area contributed by atoms with Gasteiger partial charge in [-0.1, -0.05) is 44.2 Å². The lowest BCUT2D eigenvalue weighted by Gasteiger charge is -2.20. The van der Waals surface area contributed by atoms with Gasteiger partial charge in [0.25, 0.3) is 0 Å². The van der Waals surface area contributed by atoms with Crippen molar-refractivity contribution in [3.05, 3.63) is 35.9 Å². The zero-order chi connectivity index (χ0) is 16.7. The van der Waals surface area contributed by atoms with Crippen molar-refractivity contribution in [2.24, 2.45) is 11.7 Å². The van der Waals surface area contributed by atoms with Gasteiger partial charge in [-0.2, -0.15) is 0 Å². The summed E-state index contributed by atoms with van der Waals surface area (Å²) >= 11 is 0. The first kappa shape index (κ1) is 18.1. The molecule has 0 spiro atoms. The number of hydrogen-bond acceptors (Lipinski definition) is 4. The van der Waals surface area contributed by atoms with Gasteiger partial charge < -0.3 is 21.3 Å². The number of nitrogens with two attached hydrogens (primary N) is 1. The lowest BCUT2D eigenvalue weighted by molar-refractivity contribution is -0.144. The Kier molecular flexibility index (Phi) is 7.01. The Morgan fingerprint density at radius 3 is 2.27 bits per heavy atom. The molecule has 0 saturated heterocycles. The monoisotopic (exact) mass is 308 g/mol. The van der Waals surface area contributed by atoms with Crippen LogP contribution >= 0.6 is 0 Å². The SMILES string of the molecule is CC(C)C[C@H](NC(=O)C(O)CC(N)c1ccccc1)C(=O)O. The molecule has 0 bridgehead atoms. The fourth-order valence-electron chi connectivity index (χ4n) is 2.14. The standard InChI is InChI=1S/C16H24N2O4/c1-10(2)8-13(16(21)22)18-15(20)14(19)9-12(17)11-6-4-3-5-7-11/h3-7,10,12-14,19H,8-9,17H2,1-2H3,(H,18,20)(H,21,22)/t12?,13-,14?/m0/s1. The smallest absolute Gasteiger partial charge is 0.326 e. The maximum Gasteiger partial charge on any atom is 0.326 e. The first-order valence-electron chi connectivity index (χ1n) is 7.33. The molecule has 2 unspecified atom stereocenters. The van der Waals surface area contributed by atoms with Crippen molar-refractivity contribution in [1.29, 1.82) is 0 Å². The summed E-state index contributed by atoms with van der Waals surface area (Å²) in [5, 5.41) is 21.4. The molecule has 0 fully saturated rings. The van der Waals surface area contributed by atoms with Gasteiger partial charge in [0.15, 0.2) is 0 Å². The summed E-state index contributed by atoms with van der Waals surface area (Å²) < 4.78 is 0. The third-order valence-electron chi connectivity index (χ3n) is 3.33. The van der Waals surface area contributed by atoms with Crippen molar-refractivity contribution in [2.45, 2.75) is 44.9 Å². The number of benzene rings is 1. The van der Waals surface area contributed by atoms with Crippen LogP contribution < -0.4 is 11.1 Å². The van der Waals surface area contributed by atoms with E-state index in [0.29, 0.717) is 6.42 Å². The van der Waals surface area contributed by atoms with Crippen LogP contribution in [0.2, 0.25) is 0 Å². The van der Waals surface area contributed by atoms with Gasteiger partial charge in [0.1, 0.15) is 12.1 Å². The van der Waals surface area contributed by atoms with Gasteiger partial charge in [0.05, 0.1) is 0 Å². The molecular formula is C16H24N2O4. The van der Waals surface area contributed by atoms with Gasteiger partial charge in [-0.05, 0) is 17.9 Å². The number of aliphatic carboxylic acids is 1. The molecule has 0 saturated carbocycles. The number of aliphatic hydroxyl groups is 1. The lowest BCUT2D eigenvalue weighted by atomic mass is 10.00. The highest BCUT2D eigenvalue weighted by molar-refractivity contribution is 5.86. The van der Waals surface area contributed by atoms with E-state index in [2.05, 4.69) is 5.32 Å². The molecule has 0 aliphatic carbocycles. The normalized spacial score (nSPS) is 15.1. The average Bonchev–Trinajstić information content (AvgIpc) is 2.46. The summed E-state index contributed by atoms with van der Waals surface area (Å²) in [6, 6.07) is 7.63. The minimum Gasteiger partial charge on any atom is -0.480 e. The second kappa shape index (κ2) is 8.51. The number of rotatable bonds is 8. The van der Waals surface area contributed by atoms with Crippen LogP contribution in [0.4, 0.5) is 0 Å². The van der Waals surface area contributed by atoms with Crippen molar-refractivity contribution in [3.8, 4) is 0 Å². The summed E-state index contributed by atoms with van der Waals surface area (Å²) in [4.78, 5) is 23.0. The van der Waals surface area contributed by atoms with E-state index in [1.54, 1.807) is 0 Å². The Hall–Kier alpha value is -1.92. The number of nitrogens with one attached hydrogen (secondary N) is 1. The number of hydrogen-bond donors (Lipinski definition) is 4. The van der Waals surface area contributed by atoms with Crippen LogP contribution in [0.15, 0.2) is 30.3 Å². The molecule has 5 N–H and O–H groups in total. The summed E-state index contributed by atoms with van der Waals surface area (Å²) in [5.74, 6) is -1.70. The van der Waals surface area contributed by atoms with E-state index in [1.165, 1.54) is 0 Å². The largest absolute Gasteiger partial charge is 0.480 e. The highest BCUT2D eigenvalue weighted by Gasteiger charge is 2.26. The molecule has 1 amide bonds. The molecule has 0 aliphatic rings. The number of carbonyl (C=O) groups is 2.